The second-order valence-electron chi connectivity index (χ2n) is 5.75. The lowest BCUT2D eigenvalue weighted by Gasteiger charge is -2.18. The summed E-state index contributed by atoms with van der Waals surface area (Å²) in [6, 6.07) is 3.28. The maximum atomic E-state index is 11.6. The second kappa shape index (κ2) is 7.70. The van der Waals surface area contributed by atoms with E-state index in [1.165, 1.54) is 17.7 Å². The van der Waals surface area contributed by atoms with Crippen molar-refractivity contribution < 1.29 is 4.79 Å². The number of primary amides is 1. The number of amides is 1. The summed E-state index contributed by atoms with van der Waals surface area (Å²) < 4.78 is 4.17. The molecule has 0 spiro atoms. The summed E-state index contributed by atoms with van der Waals surface area (Å²) in [7, 11) is 0. The zero-order chi connectivity index (χ0) is 17.7. The Morgan fingerprint density at radius 2 is 2.25 bits per heavy atom. The molecule has 0 saturated heterocycles. The Kier molecular flexibility index (Phi) is 5.65. The molecule has 0 aliphatic rings. The predicted octanol–water partition coefficient (Wildman–Crippen LogP) is 2.17. The van der Waals surface area contributed by atoms with Crippen LogP contribution in [0, 0.1) is 24.2 Å². The minimum atomic E-state index is -0.550. The molecule has 0 saturated carbocycles. The predicted molar refractivity (Wildman–Crippen MR) is 92.9 cm³/mol. The van der Waals surface area contributed by atoms with E-state index in [-0.39, 0.29) is 5.69 Å². The van der Waals surface area contributed by atoms with Crippen molar-refractivity contribution in [2.45, 2.75) is 33.2 Å². The number of carbonyl (C=O) groups excluding carboxylic acids is 1. The van der Waals surface area contributed by atoms with Gasteiger partial charge in [0, 0.05) is 0 Å². The molecule has 0 fully saturated rings. The molecule has 2 rings (SSSR count). The molecule has 0 aromatic carbocycles. The quantitative estimate of drug-likeness (QED) is 0.701. The Morgan fingerprint density at radius 1 is 1.50 bits per heavy atom. The van der Waals surface area contributed by atoms with E-state index < -0.39 is 11.9 Å². The van der Waals surface area contributed by atoms with Crippen LogP contribution in [-0.4, -0.2) is 26.3 Å². The SMILES string of the molecule is Cc1cc(Nc2nc(NC(CC(C)C)C(N)=O)cnc2C#N)sn1. The average Bonchev–Trinajstić information content (AvgIpc) is 2.91. The van der Waals surface area contributed by atoms with Crippen molar-refractivity contribution >= 4 is 34.1 Å². The Labute approximate surface area is 144 Å². The molecule has 126 valence electrons. The third-order valence-electron chi connectivity index (χ3n) is 3.12. The summed E-state index contributed by atoms with van der Waals surface area (Å²) in [5, 5.41) is 16.0. The summed E-state index contributed by atoms with van der Waals surface area (Å²) in [6.45, 7) is 5.88. The number of rotatable bonds is 7. The highest BCUT2D eigenvalue weighted by Gasteiger charge is 2.18. The number of aryl methyl sites for hydroxylation is 1. The van der Waals surface area contributed by atoms with E-state index in [1.807, 2.05) is 32.9 Å². The van der Waals surface area contributed by atoms with Gasteiger partial charge >= 0.3 is 0 Å². The molecule has 4 N–H and O–H groups in total. The molecule has 2 aromatic rings. The minimum Gasteiger partial charge on any atom is -0.368 e. The number of hydrogen-bond acceptors (Lipinski definition) is 8. The summed E-state index contributed by atoms with van der Waals surface area (Å²) in [5.41, 5.74) is 6.46. The Hall–Kier alpha value is -2.73. The lowest BCUT2D eigenvalue weighted by atomic mass is 10.0. The van der Waals surface area contributed by atoms with Crippen molar-refractivity contribution in [2.75, 3.05) is 10.6 Å². The van der Waals surface area contributed by atoms with E-state index in [9.17, 15) is 10.1 Å². The second-order valence-corrected chi connectivity index (χ2v) is 6.56. The first kappa shape index (κ1) is 17.6. The molecular formula is C15H19N7OS. The number of hydrogen-bond donors (Lipinski definition) is 3. The standard InChI is InChI=1S/C15H19N7OS/c1-8(2)4-10(14(17)23)19-12-7-18-11(6-16)15(20-12)21-13-5-9(3)22-24-13/h5,7-8,10H,4H2,1-3H3,(H2,17,23)(H2,19,20,21). The number of carbonyl (C=O) groups is 1. The summed E-state index contributed by atoms with van der Waals surface area (Å²) >= 11 is 1.26. The summed E-state index contributed by atoms with van der Waals surface area (Å²) in [5.74, 6) is 0.516. The lowest BCUT2D eigenvalue weighted by Crippen LogP contribution is -2.36. The molecule has 9 heteroatoms. The van der Waals surface area contributed by atoms with E-state index in [0.717, 1.165) is 10.7 Å². The van der Waals surface area contributed by atoms with Gasteiger partial charge in [-0.3, -0.25) is 4.79 Å². The van der Waals surface area contributed by atoms with Crippen LogP contribution in [0.1, 0.15) is 31.7 Å². The minimum absolute atomic E-state index is 0.158. The molecule has 24 heavy (non-hydrogen) atoms. The third-order valence-corrected chi connectivity index (χ3v) is 3.92. The Morgan fingerprint density at radius 3 is 2.79 bits per heavy atom. The highest BCUT2D eigenvalue weighted by Crippen LogP contribution is 2.23. The van der Waals surface area contributed by atoms with Gasteiger partial charge in [-0.25, -0.2) is 9.97 Å². The maximum absolute atomic E-state index is 11.6. The van der Waals surface area contributed by atoms with Crippen molar-refractivity contribution in [1.82, 2.24) is 14.3 Å². The smallest absolute Gasteiger partial charge is 0.239 e. The topological polar surface area (TPSA) is 130 Å². The van der Waals surface area contributed by atoms with E-state index in [1.54, 1.807) is 0 Å². The first-order valence-electron chi connectivity index (χ1n) is 7.42. The van der Waals surface area contributed by atoms with Crippen LogP contribution in [0.5, 0.6) is 0 Å². The van der Waals surface area contributed by atoms with Gasteiger partial charge in [-0.15, -0.1) is 0 Å². The molecular weight excluding hydrogens is 326 g/mol. The van der Waals surface area contributed by atoms with Gasteiger partial charge in [0.25, 0.3) is 0 Å². The fourth-order valence-electron chi connectivity index (χ4n) is 2.06. The maximum Gasteiger partial charge on any atom is 0.239 e. The van der Waals surface area contributed by atoms with E-state index in [0.29, 0.717) is 24.0 Å². The number of nitrogens with one attached hydrogen (secondary N) is 2. The molecule has 2 heterocycles. The van der Waals surface area contributed by atoms with Crippen LogP contribution in [0.3, 0.4) is 0 Å². The van der Waals surface area contributed by atoms with E-state index in [4.69, 9.17) is 5.73 Å². The summed E-state index contributed by atoms with van der Waals surface area (Å²) in [6.07, 6.45) is 1.99. The molecule has 1 atom stereocenters. The molecule has 0 bridgehead atoms. The molecule has 0 aliphatic carbocycles. The number of aromatic nitrogens is 3. The van der Waals surface area contributed by atoms with Gasteiger partial charge in [0.15, 0.2) is 11.5 Å². The fraction of sp³-hybridized carbons (Fsp3) is 0.400. The fourth-order valence-corrected chi connectivity index (χ4v) is 2.72. The zero-order valence-corrected chi connectivity index (χ0v) is 14.5. The molecule has 1 unspecified atom stereocenters. The van der Waals surface area contributed by atoms with Gasteiger partial charge in [0.1, 0.15) is 22.9 Å². The highest BCUT2D eigenvalue weighted by molar-refractivity contribution is 7.10. The average molecular weight is 345 g/mol. The number of anilines is 3. The molecule has 0 radical (unpaired) electrons. The van der Waals surface area contributed by atoms with Crippen molar-refractivity contribution in [3.63, 3.8) is 0 Å². The van der Waals surface area contributed by atoms with Gasteiger partial charge in [0.2, 0.25) is 5.91 Å². The van der Waals surface area contributed by atoms with Gasteiger partial charge in [-0.2, -0.15) is 9.64 Å². The molecule has 2 aromatic heterocycles. The van der Waals surface area contributed by atoms with E-state index in [2.05, 4.69) is 25.0 Å². The van der Waals surface area contributed by atoms with Crippen LogP contribution in [-0.2, 0) is 4.79 Å². The van der Waals surface area contributed by atoms with Crippen LogP contribution in [0.4, 0.5) is 16.6 Å². The number of nitrogens with zero attached hydrogens (tertiary/aromatic N) is 4. The van der Waals surface area contributed by atoms with Gasteiger partial charge < -0.3 is 16.4 Å². The first-order chi connectivity index (χ1) is 11.4. The lowest BCUT2D eigenvalue weighted by molar-refractivity contribution is -0.119. The van der Waals surface area contributed by atoms with Crippen LogP contribution >= 0.6 is 11.5 Å². The Balaban J connectivity index is 2.24. The molecule has 1 amide bonds. The van der Waals surface area contributed by atoms with Crippen LogP contribution in [0.2, 0.25) is 0 Å². The number of nitrogens with two attached hydrogens (primary N) is 1. The van der Waals surface area contributed by atoms with Crippen molar-refractivity contribution in [2.24, 2.45) is 11.7 Å². The summed E-state index contributed by atoms with van der Waals surface area (Å²) in [4.78, 5) is 20.0. The zero-order valence-electron chi connectivity index (χ0n) is 13.7. The van der Waals surface area contributed by atoms with Crippen LogP contribution < -0.4 is 16.4 Å². The highest BCUT2D eigenvalue weighted by atomic mass is 32.1. The monoisotopic (exact) mass is 345 g/mol. The van der Waals surface area contributed by atoms with Crippen LogP contribution in [0.25, 0.3) is 0 Å². The largest absolute Gasteiger partial charge is 0.368 e. The Bertz CT molecular complexity index is 765. The van der Waals surface area contributed by atoms with Crippen molar-refractivity contribution in [1.29, 1.82) is 5.26 Å². The third kappa shape index (κ3) is 4.63. The van der Waals surface area contributed by atoms with Crippen molar-refractivity contribution in [3.05, 3.63) is 23.7 Å². The van der Waals surface area contributed by atoms with Crippen molar-refractivity contribution in [3.8, 4) is 6.07 Å². The molecule has 0 aliphatic heterocycles. The van der Waals surface area contributed by atoms with Gasteiger partial charge in [0.05, 0.1) is 11.9 Å². The molecule has 8 nitrogen and oxygen atoms in total. The first-order valence-corrected chi connectivity index (χ1v) is 8.19. The normalized spacial score (nSPS) is 11.8. The van der Waals surface area contributed by atoms with Gasteiger partial charge in [-0.05, 0) is 36.9 Å². The van der Waals surface area contributed by atoms with Crippen LogP contribution in [0.15, 0.2) is 12.3 Å². The van der Waals surface area contributed by atoms with E-state index >= 15 is 0 Å². The van der Waals surface area contributed by atoms with Gasteiger partial charge in [-0.1, -0.05) is 13.8 Å². The number of nitriles is 1.